The van der Waals surface area contributed by atoms with E-state index >= 15 is 0 Å². The van der Waals surface area contributed by atoms with E-state index in [-0.39, 0.29) is 11.3 Å². The molecule has 0 atom stereocenters. The van der Waals surface area contributed by atoms with Gasteiger partial charge in [-0.15, -0.1) is 11.3 Å². The van der Waals surface area contributed by atoms with Gasteiger partial charge < -0.3 is 5.32 Å². The summed E-state index contributed by atoms with van der Waals surface area (Å²) < 4.78 is 0. The molecule has 110 valence electrons. The number of carbonyl (C=O) groups excluding carboxylic acids is 1. The summed E-state index contributed by atoms with van der Waals surface area (Å²) in [5.41, 5.74) is 1.75. The van der Waals surface area contributed by atoms with Gasteiger partial charge in [-0.25, -0.2) is 4.98 Å². The summed E-state index contributed by atoms with van der Waals surface area (Å²) in [6.07, 6.45) is 4.06. The SMILES string of the molecule is Cc1nc(NC(=O)C2(c3ccccc3)CCCC2)sc1C. The Hall–Kier alpha value is -1.68. The standard InChI is InChI=1S/C17H20N2OS/c1-12-13(2)21-16(18-12)19-15(20)17(10-6-7-11-17)14-8-4-3-5-9-14/h3-5,8-9H,6-7,10-11H2,1-2H3,(H,18,19,20). The van der Waals surface area contributed by atoms with Crippen LogP contribution in [0.5, 0.6) is 0 Å². The van der Waals surface area contributed by atoms with E-state index < -0.39 is 0 Å². The molecule has 4 heteroatoms. The highest BCUT2D eigenvalue weighted by Gasteiger charge is 2.42. The molecule has 1 aliphatic rings. The Morgan fingerprint density at radius 2 is 1.86 bits per heavy atom. The maximum atomic E-state index is 12.9. The van der Waals surface area contributed by atoms with Gasteiger partial charge in [0.1, 0.15) is 0 Å². The lowest BCUT2D eigenvalue weighted by molar-refractivity contribution is -0.121. The van der Waals surface area contributed by atoms with Crippen molar-refractivity contribution in [1.82, 2.24) is 4.98 Å². The van der Waals surface area contributed by atoms with Crippen LogP contribution in [0.15, 0.2) is 30.3 Å². The van der Waals surface area contributed by atoms with Crippen molar-refractivity contribution >= 4 is 22.4 Å². The Morgan fingerprint density at radius 3 is 2.43 bits per heavy atom. The van der Waals surface area contributed by atoms with Crippen LogP contribution in [0.25, 0.3) is 0 Å². The van der Waals surface area contributed by atoms with Crippen molar-refractivity contribution in [2.45, 2.75) is 44.9 Å². The minimum Gasteiger partial charge on any atom is -0.301 e. The van der Waals surface area contributed by atoms with E-state index in [1.165, 1.54) is 0 Å². The average molecular weight is 300 g/mol. The number of anilines is 1. The van der Waals surface area contributed by atoms with Crippen LogP contribution in [0, 0.1) is 13.8 Å². The van der Waals surface area contributed by atoms with E-state index in [1.807, 2.05) is 32.0 Å². The molecule has 0 spiro atoms. The van der Waals surface area contributed by atoms with Gasteiger partial charge in [0.05, 0.1) is 11.1 Å². The van der Waals surface area contributed by atoms with Crippen LogP contribution < -0.4 is 5.32 Å². The first kappa shape index (κ1) is 14.3. The summed E-state index contributed by atoms with van der Waals surface area (Å²) in [4.78, 5) is 18.5. The summed E-state index contributed by atoms with van der Waals surface area (Å²) >= 11 is 1.55. The van der Waals surface area contributed by atoms with Crippen LogP contribution in [-0.2, 0) is 10.2 Å². The van der Waals surface area contributed by atoms with Crippen LogP contribution in [0.1, 0.15) is 41.8 Å². The normalized spacial score (nSPS) is 16.9. The second kappa shape index (κ2) is 5.60. The fraction of sp³-hybridized carbons (Fsp3) is 0.412. The highest BCUT2D eigenvalue weighted by molar-refractivity contribution is 7.15. The van der Waals surface area contributed by atoms with Gasteiger partial charge in [0.25, 0.3) is 0 Å². The number of rotatable bonds is 3. The second-order valence-electron chi connectivity index (χ2n) is 5.77. The van der Waals surface area contributed by atoms with Gasteiger partial charge >= 0.3 is 0 Å². The Morgan fingerprint density at radius 1 is 1.19 bits per heavy atom. The molecular formula is C17H20N2OS. The molecule has 21 heavy (non-hydrogen) atoms. The predicted molar refractivity (Wildman–Crippen MR) is 86.8 cm³/mol. The lowest BCUT2D eigenvalue weighted by atomic mass is 9.78. The summed E-state index contributed by atoms with van der Waals surface area (Å²) in [7, 11) is 0. The van der Waals surface area contributed by atoms with Crippen LogP contribution in [0.4, 0.5) is 5.13 Å². The van der Waals surface area contributed by atoms with Gasteiger partial charge in [-0.3, -0.25) is 4.79 Å². The second-order valence-corrected chi connectivity index (χ2v) is 6.97. The molecule has 1 fully saturated rings. The first-order chi connectivity index (χ1) is 10.1. The molecule has 1 heterocycles. The van der Waals surface area contributed by atoms with Gasteiger partial charge in [-0.05, 0) is 32.3 Å². The fourth-order valence-corrected chi connectivity index (χ4v) is 3.94. The quantitative estimate of drug-likeness (QED) is 0.922. The monoisotopic (exact) mass is 300 g/mol. The van der Waals surface area contributed by atoms with E-state index in [1.54, 1.807) is 11.3 Å². The Bertz CT molecular complexity index is 623. The zero-order chi connectivity index (χ0) is 14.9. The van der Waals surface area contributed by atoms with Crippen molar-refractivity contribution in [3.05, 3.63) is 46.5 Å². The number of aryl methyl sites for hydroxylation is 2. The van der Waals surface area contributed by atoms with E-state index in [9.17, 15) is 4.79 Å². The number of aromatic nitrogens is 1. The molecule has 1 aromatic heterocycles. The molecule has 3 nitrogen and oxygen atoms in total. The molecule has 3 rings (SSSR count). The molecule has 2 aromatic rings. The third-order valence-corrected chi connectivity index (χ3v) is 5.46. The van der Waals surface area contributed by atoms with Crippen molar-refractivity contribution in [2.24, 2.45) is 0 Å². The van der Waals surface area contributed by atoms with Crippen molar-refractivity contribution in [1.29, 1.82) is 0 Å². The molecule has 1 N–H and O–H groups in total. The summed E-state index contributed by atoms with van der Waals surface area (Å²) in [5, 5.41) is 3.77. The third-order valence-electron chi connectivity index (χ3n) is 4.47. The molecular weight excluding hydrogens is 280 g/mol. The van der Waals surface area contributed by atoms with Crippen molar-refractivity contribution in [3.8, 4) is 0 Å². The summed E-state index contributed by atoms with van der Waals surface area (Å²) in [6.45, 7) is 4.01. The molecule has 0 aliphatic heterocycles. The topological polar surface area (TPSA) is 42.0 Å². The molecule has 1 saturated carbocycles. The number of nitrogens with zero attached hydrogens (tertiary/aromatic N) is 1. The first-order valence-electron chi connectivity index (χ1n) is 7.43. The smallest absolute Gasteiger partial charge is 0.236 e. The Balaban J connectivity index is 1.89. The highest BCUT2D eigenvalue weighted by atomic mass is 32.1. The molecule has 0 bridgehead atoms. The zero-order valence-electron chi connectivity index (χ0n) is 12.5. The van der Waals surface area contributed by atoms with Crippen molar-refractivity contribution in [3.63, 3.8) is 0 Å². The van der Waals surface area contributed by atoms with Gasteiger partial charge in [-0.2, -0.15) is 0 Å². The van der Waals surface area contributed by atoms with Gasteiger partial charge in [0, 0.05) is 4.88 Å². The Labute approximate surface area is 129 Å². The largest absolute Gasteiger partial charge is 0.301 e. The van der Waals surface area contributed by atoms with E-state index in [2.05, 4.69) is 22.4 Å². The number of hydrogen-bond acceptors (Lipinski definition) is 3. The maximum Gasteiger partial charge on any atom is 0.236 e. The molecule has 1 amide bonds. The zero-order valence-corrected chi connectivity index (χ0v) is 13.3. The van der Waals surface area contributed by atoms with Gasteiger partial charge in [0.15, 0.2) is 5.13 Å². The van der Waals surface area contributed by atoms with Gasteiger partial charge in [0.2, 0.25) is 5.91 Å². The van der Waals surface area contributed by atoms with E-state index in [0.717, 1.165) is 46.9 Å². The van der Waals surface area contributed by atoms with Crippen molar-refractivity contribution in [2.75, 3.05) is 5.32 Å². The highest BCUT2D eigenvalue weighted by Crippen LogP contribution is 2.42. The number of benzene rings is 1. The van der Waals surface area contributed by atoms with Crippen LogP contribution >= 0.6 is 11.3 Å². The average Bonchev–Trinajstić information content (AvgIpc) is 3.09. The minimum absolute atomic E-state index is 0.0972. The van der Waals surface area contributed by atoms with Crippen LogP contribution in [-0.4, -0.2) is 10.9 Å². The maximum absolute atomic E-state index is 12.9. The third kappa shape index (κ3) is 2.60. The number of nitrogens with one attached hydrogen (secondary N) is 1. The van der Waals surface area contributed by atoms with Gasteiger partial charge in [-0.1, -0.05) is 43.2 Å². The predicted octanol–water partition coefficient (Wildman–Crippen LogP) is 4.21. The Kier molecular flexibility index (Phi) is 3.81. The van der Waals surface area contributed by atoms with E-state index in [0.29, 0.717) is 0 Å². The molecule has 0 unspecified atom stereocenters. The minimum atomic E-state index is -0.380. The molecule has 1 aliphatic carbocycles. The molecule has 0 radical (unpaired) electrons. The molecule has 0 saturated heterocycles. The summed E-state index contributed by atoms with van der Waals surface area (Å²) in [5.74, 6) is 0.0972. The summed E-state index contributed by atoms with van der Waals surface area (Å²) in [6, 6.07) is 10.2. The van der Waals surface area contributed by atoms with Crippen LogP contribution in [0.3, 0.4) is 0 Å². The van der Waals surface area contributed by atoms with Crippen molar-refractivity contribution < 1.29 is 4.79 Å². The lowest BCUT2D eigenvalue weighted by Crippen LogP contribution is -2.37. The number of amides is 1. The number of hydrogen-bond donors (Lipinski definition) is 1. The van der Waals surface area contributed by atoms with Crippen LogP contribution in [0.2, 0.25) is 0 Å². The lowest BCUT2D eigenvalue weighted by Gasteiger charge is -2.27. The van der Waals surface area contributed by atoms with E-state index in [4.69, 9.17) is 0 Å². The number of thiazole rings is 1. The first-order valence-corrected chi connectivity index (χ1v) is 8.24. The molecule has 1 aromatic carbocycles. The number of carbonyl (C=O) groups is 1. The fourth-order valence-electron chi connectivity index (χ4n) is 3.13.